The van der Waals surface area contributed by atoms with Crippen molar-refractivity contribution in [2.75, 3.05) is 18.0 Å². The Morgan fingerprint density at radius 1 is 1.14 bits per heavy atom. The van der Waals surface area contributed by atoms with Gasteiger partial charge >= 0.3 is 0 Å². The van der Waals surface area contributed by atoms with E-state index in [1.165, 1.54) is 6.07 Å². The number of benzene rings is 2. The van der Waals surface area contributed by atoms with Crippen LogP contribution in [0.4, 0.5) is 5.88 Å². The van der Waals surface area contributed by atoms with Crippen LogP contribution in [0.25, 0.3) is 21.7 Å². The second-order valence-electron chi connectivity index (χ2n) is 4.94. The number of hydrogen-bond donors (Lipinski definition) is 1. The molecule has 4 nitrogen and oxygen atoms in total. The van der Waals surface area contributed by atoms with Crippen molar-refractivity contribution in [3.05, 3.63) is 46.6 Å². The lowest BCUT2D eigenvalue weighted by Crippen LogP contribution is -2.23. The highest BCUT2D eigenvalue weighted by Crippen LogP contribution is 2.32. The van der Waals surface area contributed by atoms with Gasteiger partial charge in [0.2, 0.25) is 0 Å². The third-order valence-electron chi connectivity index (χ3n) is 3.76. The molecular formula is C17H17NO3. The highest BCUT2D eigenvalue weighted by molar-refractivity contribution is 6.08. The van der Waals surface area contributed by atoms with Crippen LogP contribution in [0.2, 0.25) is 0 Å². The van der Waals surface area contributed by atoms with Crippen molar-refractivity contribution < 1.29 is 9.52 Å². The standard InChI is InChI=1S/C17H17NO3/c1-3-18(4-2)15-10-13(19)16-12-8-6-5-7-11(12)9-14(20)17(16)21-15/h5-10,20H,3-4H2,1-2H3. The number of phenolic OH excluding ortho intramolecular Hbond substituents is 1. The van der Waals surface area contributed by atoms with Crippen LogP contribution in [-0.4, -0.2) is 18.2 Å². The van der Waals surface area contributed by atoms with Crippen LogP contribution >= 0.6 is 0 Å². The first-order chi connectivity index (χ1) is 10.2. The van der Waals surface area contributed by atoms with Gasteiger partial charge in [0, 0.05) is 19.2 Å². The summed E-state index contributed by atoms with van der Waals surface area (Å²) in [6.07, 6.45) is 0. The second-order valence-corrected chi connectivity index (χ2v) is 4.94. The van der Waals surface area contributed by atoms with Crippen LogP contribution in [0.5, 0.6) is 5.75 Å². The van der Waals surface area contributed by atoms with Crippen molar-refractivity contribution in [3.63, 3.8) is 0 Å². The minimum absolute atomic E-state index is 0.00481. The zero-order valence-electron chi connectivity index (χ0n) is 12.1. The highest BCUT2D eigenvalue weighted by Gasteiger charge is 2.15. The summed E-state index contributed by atoms with van der Waals surface area (Å²) in [5.41, 5.74) is 0.119. The van der Waals surface area contributed by atoms with E-state index in [2.05, 4.69) is 0 Å². The summed E-state index contributed by atoms with van der Waals surface area (Å²) in [5.74, 6) is 0.484. The fourth-order valence-corrected chi connectivity index (χ4v) is 2.67. The molecule has 4 heteroatoms. The van der Waals surface area contributed by atoms with Crippen LogP contribution in [0.15, 0.2) is 45.6 Å². The number of phenols is 1. The predicted molar refractivity (Wildman–Crippen MR) is 85.2 cm³/mol. The van der Waals surface area contributed by atoms with E-state index in [0.29, 0.717) is 11.3 Å². The minimum atomic E-state index is -0.134. The smallest absolute Gasteiger partial charge is 0.200 e. The molecule has 0 aliphatic heterocycles. The van der Waals surface area contributed by atoms with Crippen molar-refractivity contribution >= 4 is 27.6 Å². The summed E-state index contributed by atoms with van der Waals surface area (Å²) in [6.45, 7) is 5.46. The third-order valence-corrected chi connectivity index (χ3v) is 3.76. The first kappa shape index (κ1) is 13.5. The van der Waals surface area contributed by atoms with Crippen molar-refractivity contribution in [2.24, 2.45) is 0 Å². The Hall–Kier alpha value is -2.49. The molecule has 2 aromatic carbocycles. The normalized spacial score (nSPS) is 11.1. The summed E-state index contributed by atoms with van der Waals surface area (Å²) in [7, 11) is 0. The van der Waals surface area contributed by atoms with Crippen molar-refractivity contribution in [3.8, 4) is 5.75 Å². The molecule has 0 amide bonds. The van der Waals surface area contributed by atoms with E-state index >= 15 is 0 Å². The van der Waals surface area contributed by atoms with E-state index in [9.17, 15) is 9.90 Å². The molecule has 0 bridgehead atoms. The van der Waals surface area contributed by atoms with E-state index in [-0.39, 0.29) is 16.8 Å². The number of nitrogens with zero attached hydrogens (tertiary/aromatic N) is 1. The summed E-state index contributed by atoms with van der Waals surface area (Å²) in [4.78, 5) is 14.4. The van der Waals surface area contributed by atoms with Gasteiger partial charge in [-0.05, 0) is 30.7 Å². The van der Waals surface area contributed by atoms with Crippen LogP contribution in [0, 0.1) is 0 Å². The van der Waals surface area contributed by atoms with Crippen molar-refractivity contribution in [1.82, 2.24) is 0 Å². The van der Waals surface area contributed by atoms with Crippen LogP contribution in [0.1, 0.15) is 13.8 Å². The SMILES string of the molecule is CCN(CC)c1cc(=O)c2c(o1)c(O)cc1ccccc12. The number of hydrogen-bond acceptors (Lipinski definition) is 4. The Labute approximate surface area is 122 Å². The molecule has 108 valence electrons. The summed E-state index contributed by atoms with van der Waals surface area (Å²) < 4.78 is 5.80. The highest BCUT2D eigenvalue weighted by atomic mass is 16.4. The molecule has 1 aromatic heterocycles. The molecule has 0 saturated heterocycles. The Bertz CT molecular complexity index is 863. The van der Waals surface area contributed by atoms with Gasteiger partial charge in [-0.25, -0.2) is 0 Å². The van der Waals surface area contributed by atoms with E-state index < -0.39 is 0 Å². The van der Waals surface area contributed by atoms with Crippen LogP contribution in [0.3, 0.4) is 0 Å². The third kappa shape index (κ3) is 2.13. The average molecular weight is 283 g/mol. The van der Waals surface area contributed by atoms with E-state index in [4.69, 9.17) is 4.42 Å². The molecule has 0 radical (unpaired) electrons. The number of fused-ring (bicyclic) bond motifs is 3. The maximum atomic E-state index is 12.5. The molecule has 0 saturated carbocycles. The Kier molecular flexibility index (Phi) is 3.29. The number of rotatable bonds is 3. The van der Waals surface area contributed by atoms with Gasteiger partial charge in [0.1, 0.15) is 0 Å². The van der Waals surface area contributed by atoms with E-state index in [1.54, 1.807) is 6.07 Å². The molecule has 0 aliphatic rings. The zero-order valence-corrected chi connectivity index (χ0v) is 12.1. The van der Waals surface area contributed by atoms with Gasteiger partial charge in [-0.1, -0.05) is 24.3 Å². The first-order valence-corrected chi connectivity index (χ1v) is 7.09. The Morgan fingerprint density at radius 2 is 1.86 bits per heavy atom. The van der Waals surface area contributed by atoms with Crippen LogP contribution in [-0.2, 0) is 0 Å². The molecule has 1 N–H and O–H groups in total. The van der Waals surface area contributed by atoms with Gasteiger partial charge in [0.15, 0.2) is 22.6 Å². The topological polar surface area (TPSA) is 53.7 Å². The monoisotopic (exact) mass is 283 g/mol. The molecule has 0 spiro atoms. The Balaban J connectivity index is 2.41. The van der Waals surface area contributed by atoms with Gasteiger partial charge in [0.25, 0.3) is 0 Å². The quantitative estimate of drug-likeness (QED) is 0.747. The van der Waals surface area contributed by atoms with E-state index in [1.807, 2.05) is 43.0 Å². The molecule has 3 rings (SSSR count). The molecule has 21 heavy (non-hydrogen) atoms. The van der Waals surface area contributed by atoms with Crippen molar-refractivity contribution in [2.45, 2.75) is 13.8 Å². The maximum absolute atomic E-state index is 12.5. The second kappa shape index (κ2) is 5.13. The molecular weight excluding hydrogens is 266 g/mol. The lowest BCUT2D eigenvalue weighted by atomic mass is 10.0. The summed E-state index contributed by atoms with van der Waals surface area (Å²) in [6, 6.07) is 10.6. The maximum Gasteiger partial charge on any atom is 0.200 e. The predicted octanol–water partition coefficient (Wildman–Crippen LogP) is 3.50. The molecule has 3 aromatic rings. The zero-order chi connectivity index (χ0) is 15.0. The van der Waals surface area contributed by atoms with Gasteiger partial charge in [0.05, 0.1) is 5.39 Å². The van der Waals surface area contributed by atoms with Gasteiger partial charge in [-0.15, -0.1) is 0 Å². The minimum Gasteiger partial charge on any atom is -0.504 e. The average Bonchev–Trinajstić information content (AvgIpc) is 2.49. The van der Waals surface area contributed by atoms with Gasteiger partial charge < -0.3 is 14.4 Å². The summed E-state index contributed by atoms with van der Waals surface area (Å²) >= 11 is 0. The van der Waals surface area contributed by atoms with Crippen LogP contribution < -0.4 is 10.3 Å². The lowest BCUT2D eigenvalue weighted by molar-refractivity contribution is 0.462. The van der Waals surface area contributed by atoms with Crippen molar-refractivity contribution in [1.29, 1.82) is 0 Å². The molecule has 0 atom stereocenters. The molecule has 0 fully saturated rings. The fourth-order valence-electron chi connectivity index (χ4n) is 2.67. The molecule has 0 aliphatic carbocycles. The molecule has 1 heterocycles. The lowest BCUT2D eigenvalue weighted by Gasteiger charge is -2.19. The fraction of sp³-hybridized carbons (Fsp3) is 0.235. The largest absolute Gasteiger partial charge is 0.504 e. The first-order valence-electron chi connectivity index (χ1n) is 7.09. The Morgan fingerprint density at radius 3 is 2.57 bits per heavy atom. The number of aromatic hydroxyl groups is 1. The van der Waals surface area contributed by atoms with Gasteiger partial charge in [-0.3, -0.25) is 4.79 Å². The molecule has 0 unspecified atom stereocenters. The summed E-state index contributed by atoms with van der Waals surface area (Å²) in [5, 5.41) is 12.2. The number of anilines is 1. The van der Waals surface area contributed by atoms with Gasteiger partial charge in [-0.2, -0.15) is 0 Å². The van der Waals surface area contributed by atoms with E-state index in [0.717, 1.165) is 23.9 Å².